The predicted molar refractivity (Wildman–Crippen MR) is 98.8 cm³/mol. The number of sulfonamides is 1. The minimum atomic E-state index is -3.95. The molecule has 0 fully saturated rings. The van der Waals surface area contributed by atoms with Crippen LogP contribution in [0.5, 0.6) is 0 Å². The topological polar surface area (TPSA) is 92.2 Å². The quantitative estimate of drug-likeness (QED) is 0.797. The SMILES string of the molecule is CN(CCCn1c2c(c(=O)[nH]c1=O)CCCC2)S(=O)(=O)c1ccccc1F. The fourth-order valence-electron chi connectivity index (χ4n) is 3.42. The van der Waals surface area contributed by atoms with Crippen LogP contribution in [0.15, 0.2) is 38.8 Å². The van der Waals surface area contributed by atoms with E-state index in [0.29, 0.717) is 24.8 Å². The van der Waals surface area contributed by atoms with Gasteiger partial charge in [-0.05, 0) is 44.2 Å². The minimum Gasteiger partial charge on any atom is -0.297 e. The summed E-state index contributed by atoms with van der Waals surface area (Å²) in [5.41, 5.74) is 0.591. The summed E-state index contributed by atoms with van der Waals surface area (Å²) in [6, 6.07) is 5.23. The van der Waals surface area contributed by atoms with Gasteiger partial charge in [0.25, 0.3) is 5.56 Å². The third-order valence-corrected chi connectivity index (χ3v) is 6.77. The van der Waals surface area contributed by atoms with Crippen LogP contribution in [0.1, 0.15) is 30.5 Å². The van der Waals surface area contributed by atoms with E-state index in [2.05, 4.69) is 4.98 Å². The molecule has 0 bridgehead atoms. The highest BCUT2D eigenvalue weighted by Gasteiger charge is 2.24. The molecule has 7 nitrogen and oxygen atoms in total. The summed E-state index contributed by atoms with van der Waals surface area (Å²) >= 11 is 0. The van der Waals surface area contributed by atoms with Gasteiger partial charge >= 0.3 is 5.69 Å². The van der Waals surface area contributed by atoms with Crippen LogP contribution in [0, 0.1) is 5.82 Å². The number of aromatic amines is 1. The Balaban J connectivity index is 1.75. The fourth-order valence-corrected chi connectivity index (χ4v) is 4.69. The second-order valence-electron chi connectivity index (χ2n) is 6.65. The molecule has 146 valence electrons. The van der Waals surface area contributed by atoms with E-state index in [1.54, 1.807) is 0 Å². The maximum atomic E-state index is 13.8. The highest BCUT2D eigenvalue weighted by molar-refractivity contribution is 7.89. The Labute approximate surface area is 156 Å². The number of hydrogen-bond acceptors (Lipinski definition) is 4. The molecule has 3 rings (SSSR count). The summed E-state index contributed by atoms with van der Waals surface area (Å²) in [6.07, 6.45) is 3.50. The smallest absolute Gasteiger partial charge is 0.297 e. The standard InChI is InChI=1S/C18H22FN3O4S/c1-21(27(25,26)16-10-5-3-8-14(16)19)11-6-12-22-15-9-4-2-7-13(15)17(23)20-18(22)24/h3,5,8,10H,2,4,6-7,9,11-12H2,1H3,(H,20,23,24). The Morgan fingerprint density at radius 1 is 1.19 bits per heavy atom. The van der Waals surface area contributed by atoms with Crippen LogP contribution >= 0.6 is 0 Å². The van der Waals surface area contributed by atoms with Crippen LogP contribution in [0.2, 0.25) is 0 Å². The van der Waals surface area contributed by atoms with Gasteiger partial charge in [0.1, 0.15) is 10.7 Å². The zero-order chi connectivity index (χ0) is 19.6. The van der Waals surface area contributed by atoms with Crippen molar-refractivity contribution in [3.8, 4) is 0 Å². The number of hydrogen-bond donors (Lipinski definition) is 1. The van der Waals surface area contributed by atoms with E-state index in [4.69, 9.17) is 0 Å². The van der Waals surface area contributed by atoms with Crippen molar-refractivity contribution in [3.63, 3.8) is 0 Å². The number of rotatable bonds is 6. The molecular weight excluding hydrogens is 373 g/mol. The molecule has 0 unspecified atom stereocenters. The molecule has 27 heavy (non-hydrogen) atoms. The van der Waals surface area contributed by atoms with Crippen LogP contribution < -0.4 is 11.2 Å². The third-order valence-electron chi connectivity index (χ3n) is 4.88. The Morgan fingerprint density at radius 2 is 1.89 bits per heavy atom. The van der Waals surface area contributed by atoms with Crippen LogP contribution in [-0.2, 0) is 29.4 Å². The molecular formula is C18H22FN3O4S. The number of aromatic nitrogens is 2. The number of nitrogens with one attached hydrogen (secondary N) is 1. The first kappa shape index (κ1) is 19.5. The van der Waals surface area contributed by atoms with E-state index < -0.39 is 21.5 Å². The average molecular weight is 395 g/mol. The molecule has 9 heteroatoms. The molecule has 1 aromatic heterocycles. The second kappa shape index (κ2) is 7.77. The first-order chi connectivity index (χ1) is 12.8. The van der Waals surface area contributed by atoms with E-state index in [1.807, 2.05) is 0 Å². The molecule has 0 amide bonds. The summed E-state index contributed by atoms with van der Waals surface area (Å²) in [6.45, 7) is 0.409. The number of nitrogens with zero attached hydrogens (tertiary/aromatic N) is 2. The average Bonchev–Trinajstić information content (AvgIpc) is 2.64. The Morgan fingerprint density at radius 3 is 2.63 bits per heavy atom. The summed E-state index contributed by atoms with van der Waals surface area (Å²) in [5, 5.41) is 0. The van der Waals surface area contributed by atoms with Gasteiger partial charge in [-0.1, -0.05) is 12.1 Å². The zero-order valence-corrected chi connectivity index (χ0v) is 15.9. The zero-order valence-electron chi connectivity index (χ0n) is 15.1. The first-order valence-electron chi connectivity index (χ1n) is 8.88. The Hall–Kier alpha value is -2.26. The molecule has 1 aromatic carbocycles. The minimum absolute atomic E-state index is 0.122. The molecule has 0 radical (unpaired) electrons. The molecule has 2 aromatic rings. The highest BCUT2D eigenvalue weighted by Crippen LogP contribution is 2.19. The van der Waals surface area contributed by atoms with Crippen LogP contribution in [0.3, 0.4) is 0 Å². The lowest BCUT2D eigenvalue weighted by Crippen LogP contribution is -2.37. The molecule has 0 aliphatic heterocycles. The van der Waals surface area contributed by atoms with Gasteiger partial charge in [0, 0.05) is 31.4 Å². The van der Waals surface area contributed by atoms with Crippen molar-refractivity contribution in [1.29, 1.82) is 0 Å². The molecule has 0 atom stereocenters. The predicted octanol–water partition coefficient (Wildman–Crippen LogP) is 1.27. The number of halogens is 1. The molecule has 1 heterocycles. The van der Waals surface area contributed by atoms with Crippen molar-refractivity contribution < 1.29 is 12.8 Å². The molecule has 0 saturated carbocycles. The van der Waals surface area contributed by atoms with Gasteiger partial charge < -0.3 is 0 Å². The summed E-state index contributed by atoms with van der Waals surface area (Å²) in [5.74, 6) is -0.796. The van der Waals surface area contributed by atoms with Crippen molar-refractivity contribution in [3.05, 3.63) is 62.2 Å². The molecule has 1 aliphatic rings. The van der Waals surface area contributed by atoms with Gasteiger partial charge in [-0.2, -0.15) is 0 Å². The van der Waals surface area contributed by atoms with Crippen molar-refractivity contribution in [2.75, 3.05) is 13.6 Å². The second-order valence-corrected chi connectivity index (χ2v) is 8.67. The van der Waals surface area contributed by atoms with Crippen LogP contribution in [0.4, 0.5) is 4.39 Å². The summed E-state index contributed by atoms with van der Waals surface area (Å²) in [4.78, 5) is 26.1. The number of benzene rings is 1. The van der Waals surface area contributed by atoms with Gasteiger partial charge in [0.05, 0.1) is 0 Å². The van der Waals surface area contributed by atoms with Crippen LogP contribution in [-0.4, -0.2) is 35.9 Å². The maximum Gasteiger partial charge on any atom is 0.328 e. The monoisotopic (exact) mass is 395 g/mol. The molecule has 0 saturated heterocycles. The van der Waals surface area contributed by atoms with Gasteiger partial charge in [0.15, 0.2) is 0 Å². The Kier molecular flexibility index (Phi) is 5.61. The van der Waals surface area contributed by atoms with E-state index in [0.717, 1.165) is 28.9 Å². The first-order valence-corrected chi connectivity index (χ1v) is 10.3. The lowest BCUT2D eigenvalue weighted by Gasteiger charge is -2.21. The van der Waals surface area contributed by atoms with Crippen molar-refractivity contribution >= 4 is 10.0 Å². The van der Waals surface area contributed by atoms with E-state index in [9.17, 15) is 22.4 Å². The largest absolute Gasteiger partial charge is 0.328 e. The third kappa shape index (κ3) is 3.89. The van der Waals surface area contributed by atoms with Gasteiger partial charge in [-0.3, -0.25) is 14.3 Å². The molecule has 1 aliphatic carbocycles. The number of H-pyrrole nitrogens is 1. The van der Waals surface area contributed by atoms with E-state index in [1.165, 1.54) is 29.8 Å². The normalized spacial score (nSPS) is 14.3. The fraction of sp³-hybridized carbons (Fsp3) is 0.444. The van der Waals surface area contributed by atoms with E-state index in [-0.39, 0.29) is 23.5 Å². The van der Waals surface area contributed by atoms with Crippen molar-refractivity contribution in [1.82, 2.24) is 13.9 Å². The number of fused-ring (bicyclic) bond motifs is 1. The maximum absolute atomic E-state index is 13.8. The van der Waals surface area contributed by atoms with Crippen molar-refractivity contribution in [2.24, 2.45) is 0 Å². The summed E-state index contributed by atoms with van der Waals surface area (Å²) in [7, 11) is -2.56. The van der Waals surface area contributed by atoms with E-state index >= 15 is 0 Å². The highest BCUT2D eigenvalue weighted by atomic mass is 32.2. The van der Waals surface area contributed by atoms with Gasteiger partial charge in [-0.25, -0.2) is 21.9 Å². The summed E-state index contributed by atoms with van der Waals surface area (Å²) < 4.78 is 41.5. The molecule has 1 N–H and O–H groups in total. The van der Waals surface area contributed by atoms with Crippen molar-refractivity contribution in [2.45, 2.75) is 43.5 Å². The Bertz CT molecular complexity index is 1060. The van der Waals surface area contributed by atoms with Gasteiger partial charge in [-0.15, -0.1) is 0 Å². The molecule has 0 spiro atoms. The lowest BCUT2D eigenvalue weighted by atomic mass is 9.97. The lowest BCUT2D eigenvalue weighted by molar-refractivity contribution is 0.432. The van der Waals surface area contributed by atoms with Crippen LogP contribution in [0.25, 0.3) is 0 Å². The van der Waals surface area contributed by atoms with Gasteiger partial charge in [0.2, 0.25) is 10.0 Å².